The van der Waals surface area contributed by atoms with Crippen LogP contribution >= 0.6 is 24.0 Å². The molecular weight excluding hydrogens is 364 g/mol. The first kappa shape index (κ1) is 16.6. The number of rotatable bonds is 4. The van der Waals surface area contributed by atoms with Crippen molar-refractivity contribution < 1.29 is 9.21 Å². The van der Waals surface area contributed by atoms with Crippen LogP contribution in [0.2, 0.25) is 0 Å². The number of hydrogen-bond donors (Lipinski definition) is 1. The Morgan fingerprint density at radius 1 is 0.962 bits per heavy atom. The second-order valence-electron chi connectivity index (χ2n) is 5.56. The second-order valence-corrected chi connectivity index (χ2v) is 7.24. The molecule has 4 rings (SSSR count). The highest BCUT2D eigenvalue weighted by Crippen LogP contribution is 2.33. The Morgan fingerprint density at radius 2 is 1.65 bits per heavy atom. The molecule has 6 heteroatoms. The molecule has 1 amide bonds. The van der Waals surface area contributed by atoms with Crippen LogP contribution in [0.5, 0.6) is 0 Å². The molecular formula is C20H14N2O2S2. The van der Waals surface area contributed by atoms with Crippen molar-refractivity contribution in [2.24, 2.45) is 0 Å². The zero-order valence-electron chi connectivity index (χ0n) is 13.6. The van der Waals surface area contributed by atoms with Gasteiger partial charge in [-0.25, -0.2) is 5.01 Å². The molecule has 1 saturated heterocycles. The number of anilines is 1. The van der Waals surface area contributed by atoms with Gasteiger partial charge < -0.3 is 4.42 Å². The standard InChI is InChI=1S/C20H14N2O2S2/c23-19-18(26-20(25)22(19)21-15-9-5-2-6-10-15)13-16-11-12-17(24-16)14-7-3-1-4-8-14/h1-13,21H. The number of thiocarbonyl (C=S) groups is 1. The quantitative estimate of drug-likeness (QED) is 0.501. The van der Waals surface area contributed by atoms with E-state index in [1.807, 2.05) is 72.8 Å². The molecule has 26 heavy (non-hydrogen) atoms. The fourth-order valence-corrected chi connectivity index (χ4v) is 3.68. The van der Waals surface area contributed by atoms with E-state index in [-0.39, 0.29) is 5.91 Å². The summed E-state index contributed by atoms with van der Waals surface area (Å²) in [5.41, 5.74) is 4.83. The summed E-state index contributed by atoms with van der Waals surface area (Å²) in [5.74, 6) is 1.18. The lowest BCUT2D eigenvalue weighted by Gasteiger charge is -2.16. The van der Waals surface area contributed by atoms with Gasteiger partial charge in [0.25, 0.3) is 5.91 Å². The van der Waals surface area contributed by atoms with Gasteiger partial charge in [-0.05, 0) is 36.5 Å². The normalized spacial score (nSPS) is 15.7. The summed E-state index contributed by atoms with van der Waals surface area (Å²) < 4.78 is 6.30. The van der Waals surface area contributed by atoms with Crippen LogP contribution < -0.4 is 5.43 Å². The Balaban J connectivity index is 1.54. The van der Waals surface area contributed by atoms with E-state index >= 15 is 0 Å². The maximum Gasteiger partial charge on any atom is 0.285 e. The number of thioether (sulfide) groups is 1. The Bertz CT molecular complexity index is 981. The molecule has 4 nitrogen and oxygen atoms in total. The van der Waals surface area contributed by atoms with Gasteiger partial charge in [-0.15, -0.1) is 0 Å². The lowest BCUT2D eigenvalue weighted by Crippen LogP contribution is -2.33. The Morgan fingerprint density at radius 3 is 2.38 bits per heavy atom. The number of hydrazine groups is 1. The third kappa shape index (κ3) is 3.42. The molecule has 0 aliphatic carbocycles. The third-order valence-electron chi connectivity index (χ3n) is 3.77. The molecule has 2 aromatic carbocycles. The molecule has 3 aromatic rings. The monoisotopic (exact) mass is 378 g/mol. The van der Waals surface area contributed by atoms with Crippen molar-refractivity contribution in [3.63, 3.8) is 0 Å². The average molecular weight is 378 g/mol. The van der Waals surface area contributed by atoms with E-state index in [0.29, 0.717) is 15.0 Å². The van der Waals surface area contributed by atoms with Gasteiger partial charge in [0.15, 0.2) is 4.32 Å². The predicted octanol–water partition coefficient (Wildman–Crippen LogP) is 5.17. The van der Waals surface area contributed by atoms with Crippen LogP contribution in [-0.4, -0.2) is 15.2 Å². The highest BCUT2D eigenvalue weighted by atomic mass is 32.2. The predicted molar refractivity (Wildman–Crippen MR) is 109 cm³/mol. The Labute approximate surface area is 160 Å². The van der Waals surface area contributed by atoms with Crippen molar-refractivity contribution in [1.82, 2.24) is 5.01 Å². The van der Waals surface area contributed by atoms with E-state index in [1.54, 1.807) is 6.08 Å². The van der Waals surface area contributed by atoms with Gasteiger partial charge in [-0.3, -0.25) is 10.2 Å². The maximum absolute atomic E-state index is 12.6. The van der Waals surface area contributed by atoms with Gasteiger partial charge in [-0.1, -0.05) is 60.3 Å². The third-order valence-corrected chi connectivity index (χ3v) is 5.07. The highest BCUT2D eigenvalue weighted by Gasteiger charge is 2.32. The zero-order chi connectivity index (χ0) is 17.9. The van der Waals surface area contributed by atoms with E-state index in [4.69, 9.17) is 16.6 Å². The SMILES string of the molecule is O=C1C(=Cc2ccc(-c3ccccc3)o2)SC(=S)N1Nc1ccccc1. The van der Waals surface area contributed by atoms with Gasteiger partial charge >= 0.3 is 0 Å². The summed E-state index contributed by atoms with van der Waals surface area (Å²) in [4.78, 5) is 13.2. The molecule has 1 aliphatic rings. The van der Waals surface area contributed by atoms with Crippen LogP contribution in [0.1, 0.15) is 5.76 Å². The van der Waals surface area contributed by atoms with Crippen LogP contribution in [0.25, 0.3) is 17.4 Å². The summed E-state index contributed by atoms with van der Waals surface area (Å²) in [6, 6.07) is 23.0. The molecule has 1 aliphatic heterocycles. The van der Waals surface area contributed by atoms with Crippen molar-refractivity contribution in [3.8, 4) is 11.3 Å². The molecule has 128 valence electrons. The number of hydrogen-bond acceptors (Lipinski definition) is 5. The van der Waals surface area contributed by atoms with Gasteiger partial charge in [-0.2, -0.15) is 0 Å². The van der Waals surface area contributed by atoms with Crippen molar-refractivity contribution in [2.75, 3.05) is 5.43 Å². The van der Waals surface area contributed by atoms with Crippen molar-refractivity contribution >= 4 is 46.0 Å². The maximum atomic E-state index is 12.6. The summed E-state index contributed by atoms with van der Waals surface area (Å²) >= 11 is 6.57. The van der Waals surface area contributed by atoms with E-state index in [1.165, 1.54) is 16.8 Å². The minimum Gasteiger partial charge on any atom is -0.457 e. The van der Waals surface area contributed by atoms with Crippen LogP contribution in [-0.2, 0) is 4.79 Å². The molecule has 0 saturated carbocycles. The fourth-order valence-electron chi connectivity index (χ4n) is 2.52. The van der Waals surface area contributed by atoms with Crippen LogP contribution in [0, 0.1) is 0 Å². The number of para-hydroxylation sites is 1. The van der Waals surface area contributed by atoms with Gasteiger partial charge in [0, 0.05) is 11.6 Å². The van der Waals surface area contributed by atoms with Gasteiger partial charge in [0.05, 0.1) is 10.6 Å². The molecule has 1 aromatic heterocycles. The lowest BCUT2D eigenvalue weighted by molar-refractivity contribution is -0.121. The summed E-state index contributed by atoms with van der Waals surface area (Å²) in [7, 11) is 0. The van der Waals surface area contributed by atoms with Crippen LogP contribution in [0.3, 0.4) is 0 Å². The number of furan rings is 1. The average Bonchev–Trinajstić information content (AvgIpc) is 3.24. The Hall–Kier alpha value is -2.83. The minimum absolute atomic E-state index is 0.193. The van der Waals surface area contributed by atoms with Gasteiger partial charge in [0.1, 0.15) is 11.5 Å². The second kappa shape index (κ2) is 7.19. The van der Waals surface area contributed by atoms with Crippen molar-refractivity contribution in [2.45, 2.75) is 0 Å². The first-order valence-corrected chi connectivity index (χ1v) is 9.18. The minimum atomic E-state index is -0.193. The number of amides is 1. The number of nitrogens with one attached hydrogen (secondary N) is 1. The van der Waals surface area contributed by atoms with Crippen molar-refractivity contribution in [1.29, 1.82) is 0 Å². The van der Waals surface area contributed by atoms with E-state index < -0.39 is 0 Å². The zero-order valence-corrected chi connectivity index (χ0v) is 15.2. The lowest BCUT2D eigenvalue weighted by atomic mass is 10.2. The van der Waals surface area contributed by atoms with Gasteiger partial charge in [0.2, 0.25) is 0 Å². The molecule has 0 unspecified atom stereocenters. The summed E-state index contributed by atoms with van der Waals surface area (Å²) in [6.07, 6.45) is 1.72. The largest absolute Gasteiger partial charge is 0.457 e. The van der Waals surface area contributed by atoms with E-state index in [2.05, 4.69) is 5.43 Å². The number of benzene rings is 2. The molecule has 0 radical (unpaired) electrons. The number of carbonyl (C=O) groups excluding carboxylic acids is 1. The van der Waals surface area contributed by atoms with E-state index in [9.17, 15) is 4.79 Å². The molecule has 1 fully saturated rings. The van der Waals surface area contributed by atoms with Crippen molar-refractivity contribution in [3.05, 3.63) is 83.5 Å². The molecule has 0 bridgehead atoms. The highest BCUT2D eigenvalue weighted by molar-refractivity contribution is 8.26. The summed E-state index contributed by atoms with van der Waals surface area (Å²) in [5, 5.41) is 1.38. The molecule has 0 atom stereocenters. The Kier molecular flexibility index (Phi) is 4.60. The topological polar surface area (TPSA) is 45.5 Å². The first-order chi connectivity index (χ1) is 12.7. The molecule has 0 spiro atoms. The van der Waals surface area contributed by atoms with Crippen LogP contribution in [0.4, 0.5) is 5.69 Å². The number of nitrogens with zero attached hydrogens (tertiary/aromatic N) is 1. The number of carbonyl (C=O) groups is 1. The fraction of sp³-hybridized carbons (Fsp3) is 0. The summed E-state index contributed by atoms with van der Waals surface area (Å²) in [6.45, 7) is 0. The molecule has 1 N–H and O–H groups in total. The molecule has 2 heterocycles. The smallest absolute Gasteiger partial charge is 0.285 e. The first-order valence-electron chi connectivity index (χ1n) is 7.95. The van der Waals surface area contributed by atoms with Crippen LogP contribution in [0.15, 0.2) is 82.1 Å². The van der Waals surface area contributed by atoms with E-state index in [0.717, 1.165) is 17.0 Å².